The van der Waals surface area contributed by atoms with Gasteiger partial charge in [-0.3, -0.25) is 0 Å². The first-order valence-corrected chi connectivity index (χ1v) is 9.63. The monoisotopic (exact) mass is 450 g/mol. The van der Waals surface area contributed by atoms with Crippen LogP contribution >= 0.6 is 0 Å². The van der Waals surface area contributed by atoms with Crippen LogP contribution < -0.4 is 0 Å². The van der Waals surface area contributed by atoms with Crippen LogP contribution in [0.5, 0.6) is 0 Å². The fraction of sp³-hybridized carbons (Fsp3) is 1.00. The summed E-state index contributed by atoms with van der Waals surface area (Å²) in [5.74, 6) is -1.20. The third-order valence-corrected chi connectivity index (χ3v) is 4.36. The molecule has 0 spiro atoms. The van der Waals surface area contributed by atoms with Gasteiger partial charge in [-0.1, -0.05) is 20.8 Å². The molecule has 0 fully saturated rings. The SMILES string of the molecule is CC(CO)C(O)C(O)CO.CC(CO)C(O)C(O)CO.CC(CO)C(O)C(O)CO. The second-order valence-electron chi connectivity index (χ2n) is 7.20. The van der Waals surface area contributed by atoms with E-state index in [1.165, 1.54) is 0 Å². The van der Waals surface area contributed by atoms with Crippen LogP contribution in [0.1, 0.15) is 20.8 Å². The van der Waals surface area contributed by atoms with Crippen LogP contribution in [0.3, 0.4) is 0 Å². The first-order valence-electron chi connectivity index (χ1n) is 9.63. The lowest BCUT2D eigenvalue weighted by atomic mass is 10.0. The average Bonchev–Trinajstić information content (AvgIpc) is 2.79. The van der Waals surface area contributed by atoms with Gasteiger partial charge in [-0.05, 0) is 0 Å². The minimum absolute atomic E-state index is 0.196. The van der Waals surface area contributed by atoms with Crippen molar-refractivity contribution in [3.05, 3.63) is 0 Å². The van der Waals surface area contributed by atoms with E-state index in [1.807, 2.05) is 0 Å². The second-order valence-corrected chi connectivity index (χ2v) is 7.20. The summed E-state index contributed by atoms with van der Waals surface area (Å²) in [4.78, 5) is 0. The molecule has 9 unspecified atom stereocenters. The van der Waals surface area contributed by atoms with Crippen molar-refractivity contribution >= 4 is 0 Å². The number of rotatable bonds is 12. The van der Waals surface area contributed by atoms with Gasteiger partial charge in [0.15, 0.2) is 0 Å². The zero-order valence-corrected chi connectivity index (χ0v) is 17.8. The van der Waals surface area contributed by atoms with E-state index in [0.29, 0.717) is 0 Å². The van der Waals surface area contributed by atoms with E-state index < -0.39 is 74.2 Å². The van der Waals surface area contributed by atoms with E-state index in [9.17, 15) is 0 Å². The fourth-order valence-corrected chi connectivity index (χ4v) is 1.79. The molecule has 0 rings (SSSR count). The van der Waals surface area contributed by atoms with Gasteiger partial charge in [-0.25, -0.2) is 0 Å². The van der Waals surface area contributed by atoms with Crippen molar-refractivity contribution in [2.45, 2.75) is 57.4 Å². The fourth-order valence-electron chi connectivity index (χ4n) is 1.79. The largest absolute Gasteiger partial charge is 0.396 e. The van der Waals surface area contributed by atoms with Crippen molar-refractivity contribution < 1.29 is 61.3 Å². The van der Waals surface area contributed by atoms with Crippen LogP contribution in [0.25, 0.3) is 0 Å². The predicted molar refractivity (Wildman–Crippen MR) is 106 cm³/mol. The average molecular weight is 451 g/mol. The predicted octanol–water partition coefficient (Wildman–Crippen LogP) is -5.01. The van der Waals surface area contributed by atoms with Crippen molar-refractivity contribution in [1.29, 1.82) is 0 Å². The summed E-state index contributed by atoms with van der Waals surface area (Å²) in [5.41, 5.74) is 0. The Bertz CT molecular complexity index is 280. The first kappa shape index (κ1) is 34.1. The molecule has 0 saturated heterocycles. The summed E-state index contributed by atoms with van der Waals surface area (Å²) in [7, 11) is 0. The first-order chi connectivity index (χ1) is 13.9. The molecule has 0 aliphatic rings. The maximum atomic E-state index is 9.02. The van der Waals surface area contributed by atoms with E-state index in [0.717, 1.165) is 0 Å². The van der Waals surface area contributed by atoms with Gasteiger partial charge in [0.25, 0.3) is 0 Å². The minimum atomic E-state index is -1.15. The molecule has 0 aliphatic heterocycles. The molecule has 0 aromatic carbocycles. The Hall–Kier alpha value is -0.480. The third-order valence-electron chi connectivity index (χ3n) is 4.36. The standard InChI is InChI=1S/3C6H14O4/c3*1-4(2-7)6(10)5(9)3-8/h3*4-10H,2-3H2,1H3. The van der Waals surface area contributed by atoms with Gasteiger partial charge in [0.05, 0.1) is 38.1 Å². The Morgan fingerprint density at radius 3 is 0.633 bits per heavy atom. The van der Waals surface area contributed by atoms with Gasteiger partial charge in [0, 0.05) is 37.6 Å². The quantitative estimate of drug-likeness (QED) is 0.134. The van der Waals surface area contributed by atoms with Crippen LogP contribution in [-0.4, -0.2) is 138 Å². The van der Waals surface area contributed by atoms with Gasteiger partial charge in [0.1, 0.15) is 18.3 Å². The highest BCUT2D eigenvalue weighted by Crippen LogP contribution is 2.06. The Balaban J connectivity index is -0.000000364. The van der Waals surface area contributed by atoms with Crippen molar-refractivity contribution in [3.63, 3.8) is 0 Å². The molecule has 0 saturated carbocycles. The van der Waals surface area contributed by atoms with Crippen LogP contribution in [0.2, 0.25) is 0 Å². The Morgan fingerprint density at radius 2 is 0.533 bits per heavy atom. The Labute approximate surface area is 176 Å². The van der Waals surface area contributed by atoms with Gasteiger partial charge in [0.2, 0.25) is 0 Å². The summed E-state index contributed by atoms with van der Waals surface area (Å²) >= 11 is 0. The number of hydrogen-bond acceptors (Lipinski definition) is 12. The molecule has 0 bridgehead atoms. The van der Waals surface area contributed by atoms with Crippen LogP contribution in [0, 0.1) is 17.8 Å². The Morgan fingerprint density at radius 1 is 0.367 bits per heavy atom. The normalized spacial score (nSPS) is 20.1. The van der Waals surface area contributed by atoms with E-state index in [1.54, 1.807) is 20.8 Å². The van der Waals surface area contributed by atoms with Crippen molar-refractivity contribution in [1.82, 2.24) is 0 Å². The highest BCUT2D eigenvalue weighted by atomic mass is 16.4. The Kier molecular flexibility index (Phi) is 23.2. The molecule has 9 atom stereocenters. The molecule has 186 valence electrons. The molecule has 12 nitrogen and oxygen atoms in total. The molecule has 0 radical (unpaired) electrons. The molecule has 0 aliphatic carbocycles. The van der Waals surface area contributed by atoms with Crippen LogP contribution in [0.4, 0.5) is 0 Å². The van der Waals surface area contributed by atoms with E-state index >= 15 is 0 Å². The van der Waals surface area contributed by atoms with Crippen molar-refractivity contribution in [2.24, 2.45) is 17.8 Å². The maximum absolute atomic E-state index is 9.02. The molecule has 12 N–H and O–H groups in total. The van der Waals surface area contributed by atoms with E-state index in [-0.39, 0.29) is 19.8 Å². The molecule has 30 heavy (non-hydrogen) atoms. The maximum Gasteiger partial charge on any atom is 0.103 e. The number of hydrogen-bond donors (Lipinski definition) is 12. The molecule has 0 aromatic heterocycles. The van der Waals surface area contributed by atoms with Gasteiger partial charge >= 0.3 is 0 Å². The lowest BCUT2D eigenvalue weighted by molar-refractivity contribution is -0.0497. The zero-order chi connectivity index (χ0) is 24.4. The molecule has 0 amide bonds. The molecule has 12 heteroatoms. The molecule has 0 heterocycles. The molecular weight excluding hydrogens is 408 g/mol. The third kappa shape index (κ3) is 15.3. The summed E-state index contributed by atoms with van der Waals surface area (Å²) in [6, 6.07) is 0. The summed E-state index contributed by atoms with van der Waals surface area (Å²) < 4.78 is 0. The van der Waals surface area contributed by atoms with Crippen LogP contribution in [0.15, 0.2) is 0 Å². The summed E-state index contributed by atoms with van der Waals surface area (Å²) in [5, 5.41) is 104. The summed E-state index contributed by atoms with van der Waals surface area (Å²) in [6.45, 7) is 2.73. The highest BCUT2D eigenvalue weighted by Gasteiger charge is 2.22. The van der Waals surface area contributed by atoms with Gasteiger partial charge in [-0.2, -0.15) is 0 Å². The van der Waals surface area contributed by atoms with E-state index in [2.05, 4.69) is 0 Å². The number of aliphatic hydroxyl groups is 12. The minimum Gasteiger partial charge on any atom is -0.396 e. The van der Waals surface area contributed by atoms with Crippen molar-refractivity contribution in [2.75, 3.05) is 39.6 Å². The van der Waals surface area contributed by atoms with Crippen molar-refractivity contribution in [3.8, 4) is 0 Å². The number of aliphatic hydroxyl groups excluding tert-OH is 12. The van der Waals surface area contributed by atoms with E-state index in [4.69, 9.17) is 61.3 Å². The smallest absolute Gasteiger partial charge is 0.103 e. The topological polar surface area (TPSA) is 243 Å². The highest BCUT2D eigenvalue weighted by molar-refractivity contribution is 4.72. The van der Waals surface area contributed by atoms with Gasteiger partial charge < -0.3 is 61.3 Å². The molecule has 0 aromatic rings. The lowest BCUT2D eigenvalue weighted by Gasteiger charge is -2.20. The lowest BCUT2D eigenvalue weighted by Crippen LogP contribution is -2.36. The zero-order valence-electron chi connectivity index (χ0n) is 17.8. The summed E-state index contributed by atoms with van der Waals surface area (Å²) in [6.07, 6.45) is -6.59. The van der Waals surface area contributed by atoms with Crippen LogP contribution in [-0.2, 0) is 0 Å². The van der Waals surface area contributed by atoms with Gasteiger partial charge in [-0.15, -0.1) is 0 Å². The molecular formula is C18H42O12. The second kappa shape index (κ2) is 20.4.